The standard InChI is InChI=1S/C13H18N2O3/c1-9(14-2)12(16)15-11-5-3-4-10(8-11)13-17-6-7-18-13/h3-5,8-9,13-14H,6-7H2,1-2H3,(H,15,16). The van der Waals surface area contributed by atoms with E-state index in [0.717, 1.165) is 11.3 Å². The number of likely N-dealkylation sites (N-methyl/N-ethyl adjacent to an activating group) is 1. The van der Waals surface area contributed by atoms with E-state index in [2.05, 4.69) is 10.6 Å². The van der Waals surface area contributed by atoms with Crippen LogP contribution in [0.15, 0.2) is 24.3 Å². The lowest BCUT2D eigenvalue weighted by molar-refractivity contribution is -0.117. The van der Waals surface area contributed by atoms with Crippen LogP contribution in [0.5, 0.6) is 0 Å². The zero-order valence-electron chi connectivity index (χ0n) is 10.6. The highest BCUT2D eigenvalue weighted by Crippen LogP contribution is 2.25. The minimum absolute atomic E-state index is 0.0668. The number of anilines is 1. The Labute approximate surface area is 106 Å². The zero-order chi connectivity index (χ0) is 13.0. The number of nitrogens with one attached hydrogen (secondary N) is 2. The smallest absolute Gasteiger partial charge is 0.241 e. The molecule has 1 aromatic rings. The number of ether oxygens (including phenoxy) is 2. The molecule has 0 bridgehead atoms. The van der Waals surface area contributed by atoms with Crippen LogP contribution in [0, 0.1) is 0 Å². The fraction of sp³-hybridized carbons (Fsp3) is 0.462. The molecule has 1 saturated heterocycles. The van der Waals surface area contributed by atoms with Crippen LogP contribution < -0.4 is 10.6 Å². The molecule has 2 N–H and O–H groups in total. The van der Waals surface area contributed by atoms with Gasteiger partial charge in [-0.25, -0.2) is 0 Å². The topological polar surface area (TPSA) is 59.6 Å². The van der Waals surface area contributed by atoms with Crippen molar-refractivity contribution >= 4 is 11.6 Å². The predicted octanol–water partition coefficient (Wildman–Crippen LogP) is 1.28. The van der Waals surface area contributed by atoms with E-state index < -0.39 is 0 Å². The summed E-state index contributed by atoms with van der Waals surface area (Å²) in [6.45, 7) is 3.03. The highest BCUT2D eigenvalue weighted by atomic mass is 16.7. The van der Waals surface area contributed by atoms with Gasteiger partial charge >= 0.3 is 0 Å². The van der Waals surface area contributed by atoms with Crippen LogP contribution in [0.3, 0.4) is 0 Å². The number of amides is 1. The summed E-state index contributed by atoms with van der Waals surface area (Å²) in [6, 6.07) is 7.29. The fourth-order valence-electron chi connectivity index (χ4n) is 1.70. The van der Waals surface area contributed by atoms with Gasteiger partial charge in [0.25, 0.3) is 0 Å². The molecule has 1 unspecified atom stereocenters. The molecule has 0 aliphatic carbocycles. The maximum Gasteiger partial charge on any atom is 0.241 e. The Kier molecular flexibility index (Phi) is 4.30. The van der Waals surface area contributed by atoms with Gasteiger partial charge in [-0.2, -0.15) is 0 Å². The maximum atomic E-state index is 11.7. The largest absolute Gasteiger partial charge is 0.346 e. The predicted molar refractivity (Wildman–Crippen MR) is 68.2 cm³/mol. The van der Waals surface area contributed by atoms with E-state index in [-0.39, 0.29) is 18.2 Å². The van der Waals surface area contributed by atoms with Gasteiger partial charge in [0.2, 0.25) is 5.91 Å². The first-order chi connectivity index (χ1) is 8.70. The van der Waals surface area contributed by atoms with Crippen molar-refractivity contribution in [3.05, 3.63) is 29.8 Å². The molecule has 1 heterocycles. The second kappa shape index (κ2) is 5.95. The van der Waals surface area contributed by atoms with Gasteiger partial charge in [0.05, 0.1) is 19.3 Å². The van der Waals surface area contributed by atoms with Crippen LogP contribution in [0.1, 0.15) is 18.8 Å². The highest BCUT2D eigenvalue weighted by Gasteiger charge is 2.18. The van der Waals surface area contributed by atoms with Crippen molar-refractivity contribution in [1.82, 2.24) is 5.32 Å². The lowest BCUT2D eigenvalue weighted by Gasteiger charge is -2.13. The van der Waals surface area contributed by atoms with Gasteiger partial charge in [-0.1, -0.05) is 12.1 Å². The van der Waals surface area contributed by atoms with Gasteiger partial charge in [0, 0.05) is 11.3 Å². The second-order valence-electron chi connectivity index (χ2n) is 4.20. The first-order valence-corrected chi connectivity index (χ1v) is 6.02. The van der Waals surface area contributed by atoms with Crippen molar-refractivity contribution in [2.45, 2.75) is 19.3 Å². The van der Waals surface area contributed by atoms with Crippen LogP contribution in [-0.4, -0.2) is 32.2 Å². The lowest BCUT2D eigenvalue weighted by atomic mass is 10.2. The number of benzene rings is 1. The van der Waals surface area contributed by atoms with Gasteiger partial charge < -0.3 is 20.1 Å². The number of hydrogen-bond acceptors (Lipinski definition) is 4. The summed E-state index contributed by atoms with van der Waals surface area (Å²) < 4.78 is 10.8. The molecular weight excluding hydrogens is 232 g/mol. The molecule has 1 aromatic carbocycles. The molecule has 5 nitrogen and oxygen atoms in total. The number of carbonyl (C=O) groups excluding carboxylic acids is 1. The van der Waals surface area contributed by atoms with Crippen molar-refractivity contribution < 1.29 is 14.3 Å². The van der Waals surface area contributed by atoms with Crippen LogP contribution in [-0.2, 0) is 14.3 Å². The van der Waals surface area contributed by atoms with Crippen LogP contribution >= 0.6 is 0 Å². The minimum Gasteiger partial charge on any atom is -0.346 e. The quantitative estimate of drug-likeness (QED) is 0.845. The number of rotatable bonds is 4. The molecule has 0 spiro atoms. The molecule has 1 aliphatic heterocycles. The Hall–Kier alpha value is -1.43. The van der Waals surface area contributed by atoms with E-state index in [1.807, 2.05) is 31.2 Å². The number of carbonyl (C=O) groups is 1. The van der Waals surface area contributed by atoms with Gasteiger partial charge in [-0.15, -0.1) is 0 Å². The summed E-state index contributed by atoms with van der Waals surface area (Å²) in [6.07, 6.45) is -0.316. The van der Waals surface area contributed by atoms with E-state index in [1.165, 1.54) is 0 Å². The average Bonchev–Trinajstić information content (AvgIpc) is 2.92. The van der Waals surface area contributed by atoms with Crippen molar-refractivity contribution in [2.24, 2.45) is 0 Å². The summed E-state index contributed by atoms with van der Waals surface area (Å²) in [5.41, 5.74) is 1.67. The molecule has 5 heteroatoms. The Balaban J connectivity index is 2.05. The normalized spacial score (nSPS) is 17.7. The Morgan fingerprint density at radius 3 is 2.78 bits per heavy atom. The molecule has 18 heavy (non-hydrogen) atoms. The molecule has 2 rings (SSSR count). The fourth-order valence-corrected chi connectivity index (χ4v) is 1.70. The van der Waals surface area contributed by atoms with Crippen molar-refractivity contribution in [3.63, 3.8) is 0 Å². The molecule has 1 amide bonds. The summed E-state index contributed by atoms with van der Waals surface area (Å²) in [7, 11) is 1.75. The molecule has 98 valence electrons. The highest BCUT2D eigenvalue weighted by molar-refractivity contribution is 5.94. The Morgan fingerprint density at radius 2 is 2.11 bits per heavy atom. The van der Waals surface area contributed by atoms with Crippen molar-refractivity contribution in [1.29, 1.82) is 0 Å². The van der Waals surface area contributed by atoms with E-state index in [9.17, 15) is 4.79 Å². The molecule has 0 aromatic heterocycles. The van der Waals surface area contributed by atoms with E-state index in [4.69, 9.17) is 9.47 Å². The van der Waals surface area contributed by atoms with Crippen LogP contribution in [0.2, 0.25) is 0 Å². The third-order valence-corrected chi connectivity index (χ3v) is 2.87. The molecule has 1 aliphatic rings. The summed E-state index contributed by atoms with van der Waals surface area (Å²) >= 11 is 0. The molecule has 1 atom stereocenters. The van der Waals surface area contributed by atoms with Gasteiger partial charge in [-0.3, -0.25) is 4.79 Å². The first kappa shape index (κ1) is 13.0. The molecule has 0 radical (unpaired) electrons. The van der Waals surface area contributed by atoms with Crippen molar-refractivity contribution in [3.8, 4) is 0 Å². The van der Waals surface area contributed by atoms with Crippen molar-refractivity contribution in [2.75, 3.05) is 25.6 Å². The van der Waals surface area contributed by atoms with E-state index in [0.29, 0.717) is 13.2 Å². The van der Waals surface area contributed by atoms with Gasteiger partial charge in [0.1, 0.15) is 0 Å². The lowest BCUT2D eigenvalue weighted by Crippen LogP contribution is -2.35. The number of hydrogen-bond donors (Lipinski definition) is 2. The van der Waals surface area contributed by atoms with Crippen LogP contribution in [0.4, 0.5) is 5.69 Å². The first-order valence-electron chi connectivity index (χ1n) is 6.02. The van der Waals surface area contributed by atoms with Crippen LogP contribution in [0.25, 0.3) is 0 Å². The minimum atomic E-state index is -0.316. The maximum absolute atomic E-state index is 11.7. The molecule has 1 fully saturated rings. The SMILES string of the molecule is CNC(C)C(=O)Nc1cccc(C2OCCO2)c1. The summed E-state index contributed by atoms with van der Waals surface area (Å²) in [5.74, 6) is -0.0668. The van der Waals surface area contributed by atoms with E-state index >= 15 is 0 Å². The average molecular weight is 250 g/mol. The van der Waals surface area contributed by atoms with Gasteiger partial charge in [0.15, 0.2) is 6.29 Å². The Morgan fingerprint density at radius 1 is 1.39 bits per heavy atom. The second-order valence-corrected chi connectivity index (χ2v) is 4.20. The molecular formula is C13H18N2O3. The summed E-state index contributed by atoms with van der Waals surface area (Å²) in [5, 5.41) is 5.74. The zero-order valence-corrected chi connectivity index (χ0v) is 10.6. The third kappa shape index (κ3) is 3.07. The monoisotopic (exact) mass is 250 g/mol. The summed E-state index contributed by atoms with van der Waals surface area (Å²) in [4.78, 5) is 11.7. The van der Waals surface area contributed by atoms with E-state index in [1.54, 1.807) is 7.05 Å². The third-order valence-electron chi connectivity index (χ3n) is 2.87. The van der Waals surface area contributed by atoms with Gasteiger partial charge in [-0.05, 0) is 26.1 Å². The molecule has 0 saturated carbocycles. The Bertz CT molecular complexity index is 416.